The Bertz CT molecular complexity index is 1140. The summed E-state index contributed by atoms with van der Waals surface area (Å²) in [7, 11) is -3.66. The second-order valence-corrected chi connectivity index (χ2v) is 8.22. The van der Waals surface area contributed by atoms with E-state index in [1.54, 1.807) is 12.3 Å². The van der Waals surface area contributed by atoms with Gasteiger partial charge in [-0.1, -0.05) is 0 Å². The highest BCUT2D eigenvalue weighted by molar-refractivity contribution is 7.89. The summed E-state index contributed by atoms with van der Waals surface area (Å²) >= 11 is 0. The van der Waals surface area contributed by atoms with Gasteiger partial charge in [0.05, 0.1) is 0 Å². The first-order valence-corrected chi connectivity index (χ1v) is 9.80. The van der Waals surface area contributed by atoms with Crippen LogP contribution in [0.15, 0.2) is 70.7 Å². The largest absolute Gasteiger partial charge is 0.284 e. The zero-order valence-electron chi connectivity index (χ0n) is 14.2. The molecule has 27 heavy (non-hydrogen) atoms. The first-order chi connectivity index (χ1) is 12.9. The van der Waals surface area contributed by atoms with Crippen molar-refractivity contribution in [3.05, 3.63) is 88.4 Å². The second-order valence-electron chi connectivity index (χ2n) is 6.29. The number of aromatic nitrogens is 2. The van der Waals surface area contributed by atoms with Crippen LogP contribution in [0.2, 0.25) is 0 Å². The topological polar surface area (TPSA) is 72.3 Å². The Labute approximate surface area is 155 Å². The lowest BCUT2D eigenvalue weighted by molar-refractivity contribution is 0.389. The lowest BCUT2D eigenvalue weighted by Crippen LogP contribution is -2.37. The van der Waals surface area contributed by atoms with Crippen LogP contribution >= 0.6 is 0 Å². The van der Waals surface area contributed by atoms with Gasteiger partial charge in [-0.2, -0.15) is 4.31 Å². The summed E-state index contributed by atoms with van der Waals surface area (Å²) < 4.78 is 41.6. The minimum absolute atomic E-state index is 0.139. The Kier molecular flexibility index (Phi) is 4.37. The summed E-state index contributed by atoms with van der Waals surface area (Å²) in [5.41, 5.74) is 1.87. The molecule has 0 N–H and O–H groups in total. The van der Waals surface area contributed by atoms with Gasteiger partial charge in [-0.25, -0.2) is 12.8 Å². The highest BCUT2D eigenvalue weighted by Gasteiger charge is 2.29. The van der Waals surface area contributed by atoms with E-state index in [-0.39, 0.29) is 17.0 Å². The van der Waals surface area contributed by atoms with Crippen molar-refractivity contribution < 1.29 is 12.8 Å². The lowest BCUT2D eigenvalue weighted by atomic mass is 10.0. The van der Waals surface area contributed by atoms with Crippen LogP contribution in [-0.2, 0) is 23.0 Å². The number of benzene rings is 1. The van der Waals surface area contributed by atoms with Crippen molar-refractivity contribution in [3.8, 4) is 5.69 Å². The molecule has 0 bridgehead atoms. The predicted octanol–water partition coefficient (Wildman–Crippen LogP) is 2.12. The highest BCUT2D eigenvalue weighted by Crippen LogP contribution is 2.24. The summed E-state index contributed by atoms with van der Waals surface area (Å²) in [6, 6.07) is 10.2. The summed E-state index contributed by atoms with van der Waals surface area (Å²) in [5.74, 6) is -0.390. The number of sulfonamides is 1. The number of nitrogens with zero attached hydrogens (tertiary/aromatic N) is 3. The molecule has 0 aliphatic carbocycles. The molecule has 1 aliphatic heterocycles. The lowest BCUT2D eigenvalue weighted by Gasteiger charge is -2.28. The normalized spacial score (nSPS) is 14.7. The van der Waals surface area contributed by atoms with Crippen molar-refractivity contribution in [3.63, 3.8) is 0 Å². The maximum absolute atomic E-state index is 13.2. The van der Waals surface area contributed by atoms with E-state index < -0.39 is 15.8 Å². The van der Waals surface area contributed by atoms with E-state index in [0.29, 0.717) is 18.7 Å². The first kappa shape index (κ1) is 17.6. The zero-order chi connectivity index (χ0) is 19.0. The fraction of sp³-hybridized carbons (Fsp3) is 0.158. The quantitative estimate of drug-likeness (QED) is 0.692. The third kappa shape index (κ3) is 3.29. The standard InChI is InChI=1S/C19H16FN3O3S/c20-16-3-5-17(6-4-16)23-13-15-12-22(9-7-14(15)10-19(23)24)27(25,26)18-2-1-8-21-11-18/h1-6,8,10-11,13H,7,9,12H2. The summed E-state index contributed by atoms with van der Waals surface area (Å²) in [5, 5.41) is 0. The van der Waals surface area contributed by atoms with E-state index in [4.69, 9.17) is 0 Å². The van der Waals surface area contributed by atoms with E-state index >= 15 is 0 Å². The number of hydrogen-bond donors (Lipinski definition) is 0. The van der Waals surface area contributed by atoms with Gasteiger partial charge in [0.15, 0.2) is 0 Å². The van der Waals surface area contributed by atoms with Crippen LogP contribution in [0.25, 0.3) is 5.69 Å². The van der Waals surface area contributed by atoms with Gasteiger partial charge in [-0.3, -0.25) is 14.3 Å². The van der Waals surface area contributed by atoms with Gasteiger partial charge >= 0.3 is 0 Å². The van der Waals surface area contributed by atoms with Crippen molar-refractivity contribution in [2.45, 2.75) is 17.9 Å². The van der Waals surface area contributed by atoms with Crippen molar-refractivity contribution in [2.24, 2.45) is 0 Å². The number of hydrogen-bond acceptors (Lipinski definition) is 4. The maximum Gasteiger partial charge on any atom is 0.255 e. The smallest absolute Gasteiger partial charge is 0.255 e. The summed E-state index contributed by atoms with van der Waals surface area (Å²) in [4.78, 5) is 16.4. The monoisotopic (exact) mass is 385 g/mol. The summed E-state index contributed by atoms with van der Waals surface area (Å²) in [6.07, 6.45) is 4.93. The van der Waals surface area contributed by atoms with Crippen molar-refractivity contribution >= 4 is 10.0 Å². The van der Waals surface area contributed by atoms with E-state index in [1.165, 1.54) is 57.7 Å². The molecule has 138 valence electrons. The average molecular weight is 385 g/mol. The molecule has 0 spiro atoms. The van der Waals surface area contributed by atoms with Gasteiger partial charge in [0.1, 0.15) is 10.7 Å². The molecule has 0 saturated heterocycles. The molecule has 0 amide bonds. The average Bonchev–Trinajstić information content (AvgIpc) is 2.68. The SMILES string of the molecule is O=c1cc2c(cn1-c1ccc(F)cc1)CN(S(=O)(=O)c1cccnc1)CC2. The number of rotatable bonds is 3. The minimum Gasteiger partial charge on any atom is -0.284 e. The molecular formula is C19H16FN3O3S. The van der Waals surface area contributed by atoms with Crippen LogP contribution in [0.1, 0.15) is 11.1 Å². The molecule has 6 nitrogen and oxygen atoms in total. The Balaban J connectivity index is 1.71. The third-order valence-electron chi connectivity index (χ3n) is 4.59. The summed E-state index contributed by atoms with van der Waals surface area (Å²) in [6.45, 7) is 0.457. The van der Waals surface area contributed by atoms with Crippen LogP contribution < -0.4 is 5.56 Å². The van der Waals surface area contributed by atoms with Gasteiger partial charge in [-0.05, 0) is 53.9 Å². The molecule has 1 aromatic carbocycles. The van der Waals surface area contributed by atoms with Crippen LogP contribution in [0.4, 0.5) is 4.39 Å². The fourth-order valence-electron chi connectivity index (χ4n) is 3.16. The Morgan fingerprint density at radius 2 is 1.85 bits per heavy atom. The van der Waals surface area contributed by atoms with Crippen molar-refractivity contribution in [1.29, 1.82) is 0 Å². The Hall–Kier alpha value is -2.84. The molecule has 1 aliphatic rings. The van der Waals surface area contributed by atoms with Crippen LogP contribution in [-0.4, -0.2) is 28.8 Å². The van der Waals surface area contributed by atoms with Crippen molar-refractivity contribution in [2.75, 3.05) is 6.54 Å². The number of halogens is 1. The molecule has 0 atom stereocenters. The number of pyridine rings is 2. The van der Waals surface area contributed by atoms with Crippen LogP contribution in [0.3, 0.4) is 0 Å². The van der Waals surface area contributed by atoms with Gasteiger partial charge in [0.2, 0.25) is 10.0 Å². The van der Waals surface area contributed by atoms with Gasteiger partial charge in [0, 0.05) is 43.4 Å². The molecular weight excluding hydrogens is 369 g/mol. The fourth-order valence-corrected chi connectivity index (χ4v) is 4.54. The van der Waals surface area contributed by atoms with E-state index in [9.17, 15) is 17.6 Å². The molecule has 0 saturated carbocycles. The predicted molar refractivity (Wildman–Crippen MR) is 97.5 cm³/mol. The maximum atomic E-state index is 13.2. The zero-order valence-corrected chi connectivity index (χ0v) is 15.1. The highest BCUT2D eigenvalue weighted by atomic mass is 32.2. The van der Waals surface area contributed by atoms with E-state index in [2.05, 4.69) is 4.98 Å². The molecule has 3 aromatic rings. The van der Waals surface area contributed by atoms with Crippen LogP contribution in [0, 0.1) is 5.82 Å². The van der Waals surface area contributed by atoms with E-state index in [0.717, 1.165) is 11.1 Å². The second kappa shape index (κ2) is 6.71. The molecule has 8 heteroatoms. The van der Waals surface area contributed by atoms with Gasteiger partial charge < -0.3 is 0 Å². The minimum atomic E-state index is -3.66. The van der Waals surface area contributed by atoms with E-state index in [1.807, 2.05) is 0 Å². The van der Waals surface area contributed by atoms with Crippen molar-refractivity contribution in [1.82, 2.24) is 13.9 Å². The Morgan fingerprint density at radius 1 is 1.07 bits per heavy atom. The van der Waals surface area contributed by atoms with Gasteiger partial charge in [0.25, 0.3) is 5.56 Å². The van der Waals surface area contributed by atoms with Gasteiger partial charge in [-0.15, -0.1) is 0 Å². The van der Waals surface area contributed by atoms with Crippen LogP contribution in [0.5, 0.6) is 0 Å². The molecule has 0 radical (unpaired) electrons. The molecule has 0 fully saturated rings. The molecule has 3 heterocycles. The molecule has 2 aromatic heterocycles. The first-order valence-electron chi connectivity index (χ1n) is 8.36. The Morgan fingerprint density at radius 3 is 2.56 bits per heavy atom. The molecule has 4 rings (SSSR count). The molecule has 0 unspecified atom stereocenters. The third-order valence-corrected chi connectivity index (χ3v) is 6.42. The number of fused-ring (bicyclic) bond motifs is 1.